The fraction of sp³-hybridized carbons (Fsp3) is 0.500. The minimum atomic E-state index is -0.180. The molecule has 1 unspecified atom stereocenters. The zero-order valence-corrected chi connectivity index (χ0v) is 12.1. The highest BCUT2D eigenvalue weighted by Crippen LogP contribution is 2.26. The quantitative estimate of drug-likeness (QED) is 0.883. The molecule has 1 aromatic carbocycles. The van der Waals surface area contributed by atoms with Crippen molar-refractivity contribution in [3.05, 3.63) is 28.8 Å². The number of carbonyl (C=O) groups excluding carboxylic acids is 1. The van der Waals surface area contributed by atoms with Gasteiger partial charge in [-0.2, -0.15) is 0 Å². The van der Waals surface area contributed by atoms with E-state index in [2.05, 4.69) is 5.32 Å². The van der Waals surface area contributed by atoms with E-state index in [0.29, 0.717) is 10.7 Å². The number of hydrogen-bond acceptors (Lipinski definition) is 2. The summed E-state index contributed by atoms with van der Waals surface area (Å²) in [5.74, 6) is -0.103. The van der Waals surface area contributed by atoms with Crippen molar-refractivity contribution < 1.29 is 4.79 Å². The summed E-state index contributed by atoms with van der Waals surface area (Å²) in [5, 5.41) is 3.38. The number of aryl methyl sites for hydroxylation is 1. The highest BCUT2D eigenvalue weighted by Gasteiger charge is 2.23. The van der Waals surface area contributed by atoms with Gasteiger partial charge < -0.3 is 11.1 Å². The van der Waals surface area contributed by atoms with Crippen LogP contribution in [0.2, 0.25) is 5.02 Å². The lowest BCUT2D eigenvalue weighted by Gasteiger charge is -2.26. The van der Waals surface area contributed by atoms with Crippen LogP contribution in [0.5, 0.6) is 0 Å². The van der Waals surface area contributed by atoms with Gasteiger partial charge in [0.05, 0.1) is 10.7 Å². The first-order valence-electron chi connectivity index (χ1n) is 6.02. The Kier molecular flexibility index (Phi) is 4.77. The second kappa shape index (κ2) is 5.72. The molecule has 1 atom stereocenters. The van der Waals surface area contributed by atoms with Gasteiger partial charge >= 0.3 is 0 Å². The van der Waals surface area contributed by atoms with Crippen LogP contribution in [-0.2, 0) is 4.79 Å². The molecule has 1 amide bonds. The minimum Gasteiger partial charge on any atom is -0.327 e. The molecule has 0 aliphatic rings. The second-order valence-electron chi connectivity index (χ2n) is 5.66. The maximum Gasteiger partial charge on any atom is 0.226 e. The molecule has 1 aromatic rings. The van der Waals surface area contributed by atoms with E-state index in [4.69, 9.17) is 17.3 Å². The lowest BCUT2D eigenvalue weighted by molar-refractivity contribution is -0.117. The number of amides is 1. The van der Waals surface area contributed by atoms with Gasteiger partial charge in [0.15, 0.2) is 0 Å². The summed E-state index contributed by atoms with van der Waals surface area (Å²) in [6.45, 7) is 7.97. The standard InChI is InChI=1S/C14H21ClN2O/c1-9-6-5-7-10(15)13(9)17-12(18)8-11(16)14(2,3)4/h5-7,11H,8,16H2,1-4H3,(H,17,18). The molecule has 4 heteroatoms. The third kappa shape index (κ3) is 4.00. The minimum absolute atomic E-state index is 0.0904. The first kappa shape index (κ1) is 15.0. The van der Waals surface area contributed by atoms with Crippen LogP contribution in [0, 0.1) is 12.3 Å². The number of rotatable bonds is 3. The zero-order chi connectivity index (χ0) is 13.9. The summed E-state index contributed by atoms with van der Waals surface area (Å²) in [6, 6.07) is 5.34. The van der Waals surface area contributed by atoms with E-state index in [1.54, 1.807) is 6.07 Å². The van der Waals surface area contributed by atoms with Crippen LogP contribution in [-0.4, -0.2) is 11.9 Å². The molecular formula is C14H21ClN2O. The Balaban J connectivity index is 2.72. The van der Waals surface area contributed by atoms with E-state index in [1.807, 2.05) is 39.8 Å². The van der Waals surface area contributed by atoms with Crippen LogP contribution < -0.4 is 11.1 Å². The van der Waals surface area contributed by atoms with Crippen LogP contribution in [0.15, 0.2) is 18.2 Å². The molecule has 18 heavy (non-hydrogen) atoms. The van der Waals surface area contributed by atoms with Gasteiger partial charge in [0.2, 0.25) is 5.91 Å². The van der Waals surface area contributed by atoms with Crippen molar-refractivity contribution in [3.8, 4) is 0 Å². The van der Waals surface area contributed by atoms with Crippen molar-refractivity contribution in [2.24, 2.45) is 11.1 Å². The highest BCUT2D eigenvalue weighted by atomic mass is 35.5. The number of hydrogen-bond donors (Lipinski definition) is 2. The van der Waals surface area contributed by atoms with Gasteiger partial charge in [0.1, 0.15) is 0 Å². The average molecular weight is 269 g/mol. The number of nitrogens with one attached hydrogen (secondary N) is 1. The van der Waals surface area contributed by atoms with Gasteiger partial charge in [-0.25, -0.2) is 0 Å². The van der Waals surface area contributed by atoms with Crippen LogP contribution in [0.4, 0.5) is 5.69 Å². The molecule has 0 saturated carbocycles. The van der Waals surface area contributed by atoms with Gasteiger partial charge in [-0.1, -0.05) is 44.5 Å². The molecule has 0 aliphatic carbocycles. The molecule has 0 saturated heterocycles. The van der Waals surface area contributed by atoms with E-state index in [9.17, 15) is 4.79 Å². The number of carbonyl (C=O) groups is 1. The number of halogens is 1. The van der Waals surface area contributed by atoms with Crippen molar-refractivity contribution in [2.75, 3.05) is 5.32 Å². The zero-order valence-electron chi connectivity index (χ0n) is 11.4. The molecule has 3 N–H and O–H groups in total. The van der Waals surface area contributed by atoms with Crippen molar-refractivity contribution in [2.45, 2.75) is 40.2 Å². The van der Waals surface area contributed by atoms with E-state index < -0.39 is 0 Å². The lowest BCUT2D eigenvalue weighted by Crippen LogP contribution is -2.38. The maximum absolute atomic E-state index is 11.9. The number of benzene rings is 1. The molecule has 0 aromatic heterocycles. The Morgan fingerprint density at radius 1 is 1.44 bits per heavy atom. The van der Waals surface area contributed by atoms with Crippen LogP contribution in [0.25, 0.3) is 0 Å². The van der Waals surface area contributed by atoms with Crippen molar-refractivity contribution in [3.63, 3.8) is 0 Å². The smallest absolute Gasteiger partial charge is 0.226 e. The largest absolute Gasteiger partial charge is 0.327 e. The molecular weight excluding hydrogens is 248 g/mol. The van der Waals surface area contributed by atoms with Crippen LogP contribution in [0.3, 0.4) is 0 Å². The Hall–Kier alpha value is -1.06. The molecule has 0 heterocycles. The van der Waals surface area contributed by atoms with E-state index >= 15 is 0 Å². The fourth-order valence-corrected chi connectivity index (χ4v) is 1.76. The normalized spacial score (nSPS) is 13.2. The Morgan fingerprint density at radius 3 is 2.56 bits per heavy atom. The van der Waals surface area contributed by atoms with E-state index in [0.717, 1.165) is 5.56 Å². The van der Waals surface area contributed by atoms with Gasteiger partial charge in [-0.3, -0.25) is 4.79 Å². The third-order valence-corrected chi connectivity index (χ3v) is 3.32. The predicted molar refractivity (Wildman–Crippen MR) is 76.9 cm³/mol. The Morgan fingerprint density at radius 2 is 2.06 bits per heavy atom. The first-order chi connectivity index (χ1) is 8.21. The van der Waals surface area contributed by atoms with Gasteiger partial charge in [-0.05, 0) is 24.0 Å². The second-order valence-corrected chi connectivity index (χ2v) is 6.06. The predicted octanol–water partition coefficient (Wildman–Crippen LogP) is 3.35. The monoisotopic (exact) mass is 268 g/mol. The molecule has 100 valence electrons. The third-order valence-electron chi connectivity index (χ3n) is 3.00. The van der Waals surface area contributed by atoms with Crippen LogP contribution in [0.1, 0.15) is 32.8 Å². The lowest BCUT2D eigenvalue weighted by atomic mass is 9.85. The molecule has 3 nitrogen and oxygen atoms in total. The van der Waals surface area contributed by atoms with Gasteiger partial charge in [0, 0.05) is 12.5 Å². The summed E-state index contributed by atoms with van der Waals surface area (Å²) in [6.07, 6.45) is 0.286. The van der Waals surface area contributed by atoms with Crippen LogP contribution >= 0.6 is 11.6 Å². The number of para-hydroxylation sites is 1. The Bertz CT molecular complexity index is 418. The average Bonchev–Trinajstić information content (AvgIpc) is 2.22. The molecule has 0 bridgehead atoms. The summed E-state index contributed by atoms with van der Waals surface area (Å²) >= 11 is 6.05. The van der Waals surface area contributed by atoms with Crippen molar-refractivity contribution in [1.29, 1.82) is 0 Å². The molecule has 0 aliphatic heterocycles. The molecule has 0 spiro atoms. The SMILES string of the molecule is Cc1cccc(Cl)c1NC(=O)CC(N)C(C)(C)C. The topological polar surface area (TPSA) is 55.1 Å². The number of nitrogens with two attached hydrogens (primary N) is 1. The maximum atomic E-state index is 11.9. The van der Waals surface area contributed by atoms with Crippen molar-refractivity contribution in [1.82, 2.24) is 0 Å². The number of anilines is 1. The van der Waals surface area contributed by atoms with Crippen molar-refractivity contribution >= 4 is 23.2 Å². The molecule has 1 rings (SSSR count). The Labute approximate surface area is 114 Å². The molecule has 0 radical (unpaired) electrons. The summed E-state index contributed by atoms with van der Waals surface area (Å²) in [5.41, 5.74) is 7.51. The van der Waals surface area contributed by atoms with E-state index in [-0.39, 0.29) is 23.8 Å². The van der Waals surface area contributed by atoms with Gasteiger partial charge in [0.25, 0.3) is 0 Å². The van der Waals surface area contributed by atoms with E-state index in [1.165, 1.54) is 0 Å². The fourth-order valence-electron chi connectivity index (χ4n) is 1.49. The first-order valence-corrected chi connectivity index (χ1v) is 6.40. The summed E-state index contributed by atoms with van der Waals surface area (Å²) in [4.78, 5) is 11.9. The summed E-state index contributed by atoms with van der Waals surface area (Å²) in [7, 11) is 0. The molecule has 0 fully saturated rings. The van der Waals surface area contributed by atoms with Gasteiger partial charge in [-0.15, -0.1) is 0 Å². The summed E-state index contributed by atoms with van der Waals surface area (Å²) < 4.78 is 0. The highest BCUT2D eigenvalue weighted by molar-refractivity contribution is 6.33.